The monoisotopic (exact) mass is 435 g/mol. The predicted octanol–water partition coefficient (Wildman–Crippen LogP) is 3.30. The normalized spacial score (nSPS) is 10.5. The zero-order chi connectivity index (χ0) is 23.1. The molecule has 8 nitrogen and oxygen atoms in total. The number of carbonyl (C=O) groups excluding carboxylic acids is 2. The Balaban J connectivity index is 1.88. The fourth-order valence-electron chi connectivity index (χ4n) is 3.02. The Kier molecular flexibility index (Phi) is 7.38. The second kappa shape index (κ2) is 10.4. The molecule has 1 amide bonds. The van der Waals surface area contributed by atoms with Gasteiger partial charge in [-0.1, -0.05) is 29.8 Å². The van der Waals surface area contributed by atoms with Crippen LogP contribution in [0.15, 0.2) is 59.4 Å². The number of benzene rings is 2. The van der Waals surface area contributed by atoms with Crippen LogP contribution in [0.25, 0.3) is 5.69 Å². The summed E-state index contributed by atoms with van der Waals surface area (Å²) < 4.78 is 11.6. The number of aromatic nitrogens is 2. The predicted molar refractivity (Wildman–Crippen MR) is 120 cm³/mol. The third-order valence-corrected chi connectivity index (χ3v) is 4.55. The van der Waals surface area contributed by atoms with Crippen LogP contribution in [0, 0.1) is 6.92 Å². The van der Waals surface area contributed by atoms with Gasteiger partial charge in [0.25, 0.3) is 5.56 Å². The number of aryl methyl sites for hydroxylation is 1. The van der Waals surface area contributed by atoms with Crippen LogP contribution < -0.4 is 15.6 Å². The van der Waals surface area contributed by atoms with E-state index in [1.54, 1.807) is 43.3 Å². The lowest BCUT2D eigenvalue weighted by Crippen LogP contribution is -2.27. The van der Waals surface area contributed by atoms with Gasteiger partial charge in [0.1, 0.15) is 5.75 Å². The number of nitrogens with one attached hydrogen (secondary N) is 1. The van der Waals surface area contributed by atoms with Gasteiger partial charge in [-0.05, 0) is 50.6 Å². The molecule has 8 heteroatoms. The van der Waals surface area contributed by atoms with E-state index >= 15 is 0 Å². The number of anilines is 1. The fourth-order valence-corrected chi connectivity index (χ4v) is 3.02. The minimum Gasteiger partial charge on any atom is -0.494 e. The highest BCUT2D eigenvalue weighted by molar-refractivity contribution is 6.00. The first kappa shape index (κ1) is 22.7. The van der Waals surface area contributed by atoms with Crippen LogP contribution in [0.5, 0.6) is 5.75 Å². The third-order valence-electron chi connectivity index (χ3n) is 4.55. The van der Waals surface area contributed by atoms with E-state index in [4.69, 9.17) is 9.47 Å². The molecule has 0 aliphatic heterocycles. The van der Waals surface area contributed by atoms with Crippen molar-refractivity contribution in [2.75, 3.05) is 18.5 Å². The SMILES string of the molecule is CCOC(=O)c1nn(-c2ccc(C)cc2)c(=O)cc1NC(=O)Cc1ccc(OCC)cc1. The molecule has 32 heavy (non-hydrogen) atoms. The first-order valence-electron chi connectivity index (χ1n) is 10.3. The Bertz CT molecular complexity index is 1150. The van der Waals surface area contributed by atoms with Crippen molar-refractivity contribution >= 4 is 17.6 Å². The van der Waals surface area contributed by atoms with E-state index in [2.05, 4.69) is 10.4 Å². The first-order valence-corrected chi connectivity index (χ1v) is 10.3. The molecule has 0 saturated heterocycles. The molecule has 3 aromatic rings. The molecule has 0 atom stereocenters. The van der Waals surface area contributed by atoms with Gasteiger partial charge in [0.15, 0.2) is 5.69 Å². The van der Waals surface area contributed by atoms with E-state index in [0.29, 0.717) is 18.0 Å². The molecule has 1 heterocycles. The van der Waals surface area contributed by atoms with Crippen molar-refractivity contribution in [2.24, 2.45) is 0 Å². The molecule has 166 valence electrons. The van der Waals surface area contributed by atoms with Gasteiger partial charge >= 0.3 is 5.97 Å². The number of carbonyl (C=O) groups is 2. The van der Waals surface area contributed by atoms with Crippen molar-refractivity contribution in [3.05, 3.63) is 81.8 Å². The lowest BCUT2D eigenvalue weighted by molar-refractivity contribution is -0.115. The Morgan fingerprint density at radius 1 is 1.00 bits per heavy atom. The highest BCUT2D eigenvalue weighted by atomic mass is 16.5. The van der Waals surface area contributed by atoms with Crippen LogP contribution in [-0.4, -0.2) is 34.9 Å². The Morgan fingerprint density at radius 3 is 2.31 bits per heavy atom. The number of nitrogens with zero attached hydrogens (tertiary/aromatic N) is 2. The molecule has 0 aliphatic carbocycles. The average molecular weight is 435 g/mol. The Labute approximate surface area is 185 Å². The molecule has 0 spiro atoms. The minimum absolute atomic E-state index is 0.00717. The highest BCUT2D eigenvalue weighted by Crippen LogP contribution is 2.16. The topological polar surface area (TPSA) is 99.5 Å². The Morgan fingerprint density at radius 2 is 1.69 bits per heavy atom. The van der Waals surface area contributed by atoms with Crippen molar-refractivity contribution in [3.8, 4) is 11.4 Å². The standard InChI is InChI=1S/C24H25N3O5/c1-4-31-19-12-8-17(9-13-19)14-21(28)25-20-15-22(29)27(18-10-6-16(3)7-11-18)26-23(20)24(30)32-5-2/h6-13,15H,4-5,14H2,1-3H3,(H,25,28). The van der Waals surface area contributed by atoms with Crippen LogP contribution in [-0.2, 0) is 16.0 Å². The zero-order valence-electron chi connectivity index (χ0n) is 18.3. The number of rotatable bonds is 8. The maximum atomic E-state index is 12.7. The van der Waals surface area contributed by atoms with E-state index in [-0.39, 0.29) is 24.4 Å². The van der Waals surface area contributed by atoms with Gasteiger partial charge in [-0.15, -0.1) is 0 Å². The van der Waals surface area contributed by atoms with Crippen molar-refractivity contribution in [2.45, 2.75) is 27.2 Å². The van der Waals surface area contributed by atoms with Gasteiger partial charge in [-0.3, -0.25) is 9.59 Å². The molecular weight excluding hydrogens is 410 g/mol. The van der Waals surface area contributed by atoms with Crippen molar-refractivity contribution in [1.29, 1.82) is 0 Å². The van der Waals surface area contributed by atoms with Gasteiger partial charge in [0.05, 0.1) is 31.0 Å². The number of amides is 1. The quantitative estimate of drug-likeness (QED) is 0.545. The number of hydrogen-bond acceptors (Lipinski definition) is 6. The van der Waals surface area contributed by atoms with Crippen molar-refractivity contribution < 1.29 is 19.1 Å². The fraction of sp³-hybridized carbons (Fsp3) is 0.250. The van der Waals surface area contributed by atoms with E-state index in [1.165, 1.54) is 6.07 Å². The lowest BCUT2D eigenvalue weighted by Gasteiger charge is -2.13. The molecule has 0 aliphatic rings. The summed E-state index contributed by atoms with van der Waals surface area (Å²) in [6.07, 6.45) is 0.0513. The Hall–Kier alpha value is -3.94. The minimum atomic E-state index is -0.732. The summed E-state index contributed by atoms with van der Waals surface area (Å²) in [7, 11) is 0. The molecule has 0 fully saturated rings. The molecule has 2 aromatic carbocycles. The number of esters is 1. The molecule has 1 N–H and O–H groups in total. The summed E-state index contributed by atoms with van der Waals surface area (Å²) in [5, 5.41) is 6.80. The molecule has 3 rings (SSSR count). The summed E-state index contributed by atoms with van der Waals surface area (Å²) in [5.74, 6) is -0.413. The van der Waals surface area contributed by atoms with E-state index in [9.17, 15) is 14.4 Å². The van der Waals surface area contributed by atoms with Crippen LogP contribution in [0.4, 0.5) is 5.69 Å². The summed E-state index contributed by atoms with van der Waals surface area (Å²) >= 11 is 0. The summed E-state index contributed by atoms with van der Waals surface area (Å²) in [6, 6.07) is 15.4. The first-order chi connectivity index (χ1) is 15.4. The third kappa shape index (κ3) is 5.60. The van der Waals surface area contributed by atoms with Crippen LogP contribution in [0.1, 0.15) is 35.5 Å². The van der Waals surface area contributed by atoms with Crippen molar-refractivity contribution in [3.63, 3.8) is 0 Å². The number of hydrogen-bond donors (Lipinski definition) is 1. The van der Waals surface area contributed by atoms with Crippen molar-refractivity contribution in [1.82, 2.24) is 9.78 Å². The average Bonchev–Trinajstić information content (AvgIpc) is 2.76. The summed E-state index contributed by atoms with van der Waals surface area (Å²) in [5.41, 5.74) is 1.65. The van der Waals surface area contributed by atoms with E-state index in [0.717, 1.165) is 15.8 Å². The second-order valence-corrected chi connectivity index (χ2v) is 7.01. The van der Waals surface area contributed by atoms with Gasteiger partial charge < -0.3 is 14.8 Å². The molecule has 0 bridgehead atoms. The maximum absolute atomic E-state index is 12.7. The van der Waals surface area contributed by atoms with Crippen LogP contribution >= 0.6 is 0 Å². The number of ether oxygens (including phenoxy) is 2. The van der Waals surface area contributed by atoms with Crippen LogP contribution in [0.3, 0.4) is 0 Å². The molecule has 0 radical (unpaired) electrons. The lowest BCUT2D eigenvalue weighted by atomic mass is 10.1. The summed E-state index contributed by atoms with van der Waals surface area (Å²) in [6.45, 7) is 6.16. The van der Waals surface area contributed by atoms with E-state index in [1.807, 2.05) is 26.0 Å². The van der Waals surface area contributed by atoms with Crippen LogP contribution in [0.2, 0.25) is 0 Å². The van der Waals surface area contributed by atoms with Gasteiger partial charge in [0, 0.05) is 6.07 Å². The zero-order valence-corrected chi connectivity index (χ0v) is 18.3. The van der Waals surface area contributed by atoms with Gasteiger partial charge in [-0.25, -0.2) is 4.79 Å². The smallest absolute Gasteiger partial charge is 0.360 e. The molecule has 0 unspecified atom stereocenters. The summed E-state index contributed by atoms with van der Waals surface area (Å²) in [4.78, 5) is 37.8. The maximum Gasteiger partial charge on any atom is 0.360 e. The molecule has 0 saturated carbocycles. The van der Waals surface area contributed by atoms with Gasteiger partial charge in [-0.2, -0.15) is 9.78 Å². The highest BCUT2D eigenvalue weighted by Gasteiger charge is 2.20. The van der Waals surface area contributed by atoms with E-state index < -0.39 is 17.4 Å². The molecular formula is C24H25N3O5. The molecule has 1 aromatic heterocycles. The second-order valence-electron chi connectivity index (χ2n) is 7.01. The van der Waals surface area contributed by atoms with Gasteiger partial charge in [0.2, 0.25) is 5.91 Å². The largest absolute Gasteiger partial charge is 0.494 e.